The first-order chi connectivity index (χ1) is 10.3. The third-order valence-electron chi connectivity index (χ3n) is 3.38. The summed E-state index contributed by atoms with van der Waals surface area (Å²) >= 11 is 0. The summed E-state index contributed by atoms with van der Waals surface area (Å²) < 4.78 is 31.4. The Balaban J connectivity index is 2.33. The molecule has 6 heteroatoms. The normalized spacial score (nSPS) is 18.1. The van der Waals surface area contributed by atoms with Gasteiger partial charge in [-0.25, -0.2) is 13.2 Å². The monoisotopic (exact) mass is 321 g/mol. The molecule has 22 heavy (non-hydrogen) atoms. The molecule has 0 spiro atoms. The third kappa shape index (κ3) is 3.64. The summed E-state index contributed by atoms with van der Waals surface area (Å²) in [4.78, 5) is 11.6. The maximum Gasteiger partial charge on any atom is 0.330 e. The summed E-state index contributed by atoms with van der Waals surface area (Å²) in [6.45, 7) is 4.21. The van der Waals surface area contributed by atoms with Crippen LogP contribution in [0.15, 0.2) is 52.5 Å². The number of esters is 1. The Morgan fingerprint density at radius 1 is 1.18 bits per heavy atom. The van der Waals surface area contributed by atoms with Crippen LogP contribution in [-0.2, 0) is 19.6 Å². The largest absolute Gasteiger partial charge is 0.466 e. The molecule has 0 saturated carbocycles. The lowest BCUT2D eigenvalue weighted by molar-refractivity contribution is -0.134. The van der Waals surface area contributed by atoms with Crippen LogP contribution in [-0.4, -0.2) is 38.9 Å². The second kappa shape index (κ2) is 6.46. The van der Waals surface area contributed by atoms with Crippen LogP contribution in [0.2, 0.25) is 0 Å². The number of hydrogen-bond acceptors (Lipinski definition) is 4. The number of rotatable bonds is 3. The number of sulfonamides is 1. The van der Waals surface area contributed by atoms with Gasteiger partial charge in [0.15, 0.2) is 0 Å². The summed E-state index contributed by atoms with van der Waals surface area (Å²) in [5.74, 6) is -0.492. The van der Waals surface area contributed by atoms with Crippen molar-refractivity contribution < 1.29 is 17.9 Å². The van der Waals surface area contributed by atoms with Crippen LogP contribution in [0.3, 0.4) is 0 Å². The van der Waals surface area contributed by atoms with E-state index in [1.807, 2.05) is 19.9 Å². The van der Waals surface area contributed by atoms with E-state index in [1.54, 1.807) is 24.3 Å². The first-order valence-electron chi connectivity index (χ1n) is 6.85. The van der Waals surface area contributed by atoms with E-state index in [0.29, 0.717) is 12.1 Å². The van der Waals surface area contributed by atoms with Crippen LogP contribution in [0.4, 0.5) is 0 Å². The van der Waals surface area contributed by atoms with Gasteiger partial charge in [0.05, 0.1) is 12.0 Å². The van der Waals surface area contributed by atoms with Crippen LogP contribution in [0, 0.1) is 6.92 Å². The zero-order chi connectivity index (χ0) is 16.3. The Morgan fingerprint density at radius 3 is 2.41 bits per heavy atom. The maximum absolute atomic E-state index is 12.7. The highest BCUT2D eigenvalue weighted by Gasteiger charge is 2.27. The molecule has 0 aliphatic carbocycles. The van der Waals surface area contributed by atoms with E-state index in [-0.39, 0.29) is 11.4 Å². The molecule has 1 aliphatic rings. The third-order valence-corrected chi connectivity index (χ3v) is 5.19. The summed E-state index contributed by atoms with van der Waals surface area (Å²) in [7, 11) is -2.30. The first kappa shape index (κ1) is 16.5. The van der Waals surface area contributed by atoms with Crippen molar-refractivity contribution in [2.75, 3.05) is 20.2 Å². The lowest BCUT2D eigenvalue weighted by atomic mass is 10.1. The quantitative estimate of drug-likeness (QED) is 0.631. The molecular formula is C16H19NO4S. The maximum atomic E-state index is 12.7. The van der Waals surface area contributed by atoms with Crippen molar-refractivity contribution in [2.24, 2.45) is 0 Å². The van der Waals surface area contributed by atoms with Gasteiger partial charge in [-0.2, -0.15) is 4.31 Å². The van der Waals surface area contributed by atoms with Crippen molar-refractivity contribution >= 4 is 16.0 Å². The highest BCUT2D eigenvalue weighted by Crippen LogP contribution is 2.23. The van der Waals surface area contributed by atoms with E-state index in [0.717, 1.165) is 11.1 Å². The fourth-order valence-corrected chi connectivity index (χ4v) is 3.74. The second-order valence-electron chi connectivity index (χ2n) is 5.32. The predicted molar refractivity (Wildman–Crippen MR) is 83.8 cm³/mol. The van der Waals surface area contributed by atoms with E-state index in [1.165, 1.54) is 17.5 Å². The Morgan fingerprint density at radius 2 is 1.82 bits per heavy atom. The van der Waals surface area contributed by atoms with Gasteiger partial charge in [-0.1, -0.05) is 29.3 Å². The lowest BCUT2D eigenvalue weighted by Gasteiger charge is -2.27. The molecule has 1 heterocycles. The number of hydrogen-bond donors (Lipinski definition) is 0. The van der Waals surface area contributed by atoms with Crippen LogP contribution in [0.5, 0.6) is 0 Å². The lowest BCUT2D eigenvalue weighted by Crippen LogP contribution is -2.36. The molecule has 0 atom stereocenters. The Hall–Kier alpha value is -1.92. The van der Waals surface area contributed by atoms with Gasteiger partial charge < -0.3 is 4.74 Å². The molecule has 118 valence electrons. The molecule has 1 aliphatic heterocycles. The van der Waals surface area contributed by atoms with Gasteiger partial charge in [0.1, 0.15) is 0 Å². The molecule has 0 unspecified atom stereocenters. The molecule has 1 aromatic carbocycles. The Kier molecular flexibility index (Phi) is 4.83. The minimum atomic E-state index is -3.59. The van der Waals surface area contributed by atoms with Crippen molar-refractivity contribution in [1.82, 2.24) is 4.31 Å². The molecule has 0 bridgehead atoms. The highest BCUT2D eigenvalue weighted by molar-refractivity contribution is 7.89. The minimum Gasteiger partial charge on any atom is -0.466 e. The molecule has 5 nitrogen and oxygen atoms in total. The molecule has 0 N–H and O–H groups in total. The molecule has 0 amide bonds. The molecule has 0 fully saturated rings. The zero-order valence-electron chi connectivity index (χ0n) is 12.9. The predicted octanol–water partition coefficient (Wildman–Crippen LogP) is 2.05. The average molecular weight is 321 g/mol. The number of methoxy groups -OCH3 is 1. The molecular weight excluding hydrogens is 302 g/mol. The second-order valence-corrected chi connectivity index (χ2v) is 7.26. The van der Waals surface area contributed by atoms with Gasteiger partial charge in [0.25, 0.3) is 0 Å². The molecule has 2 rings (SSSR count). The smallest absolute Gasteiger partial charge is 0.330 e. The molecule has 0 radical (unpaired) electrons. The van der Waals surface area contributed by atoms with Gasteiger partial charge in [-0.15, -0.1) is 0 Å². The number of carbonyl (C=O) groups excluding carboxylic acids is 1. The minimum absolute atomic E-state index is 0.155. The number of benzene rings is 1. The highest BCUT2D eigenvalue weighted by atomic mass is 32.2. The van der Waals surface area contributed by atoms with Gasteiger partial charge in [0.2, 0.25) is 10.0 Å². The summed E-state index contributed by atoms with van der Waals surface area (Å²) in [5.41, 5.74) is 2.49. The van der Waals surface area contributed by atoms with Gasteiger partial charge >= 0.3 is 5.97 Å². The fraction of sp³-hybridized carbons (Fsp3) is 0.312. The number of ether oxygens (including phenoxy) is 1. The number of carbonyl (C=O) groups is 1. The van der Waals surface area contributed by atoms with Gasteiger partial charge in [-0.05, 0) is 31.6 Å². The molecule has 1 aromatic rings. The van der Waals surface area contributed by atoms with Gasteiger partial charge in [0, 0.05) is 19.2 Å². The van der Waals surface area contributed by atoms with E-state index in [2.05, 4.69) is 4.74 Å². The summed E-state index contributed by atoms with van der Waals surface area (Å²) in [5, 5.41) is 0. The SMILES string of the molecule is COC(=O)/C=C1\C=C(C)CN(S(=O)(=O)c2ccc(C)cc2)C1. The van der Waals surface area contributed by atoms with E-state index in [4.69, 9.17) is 0 Å². The van der Waals surface area contributed by atoms with Crippen LogP contribution < -0.4 is 0 Å². The van der Waals surface area contributed by atoms with Crippen molar-refractivity contribution in [3.8, 4) is 0 Å². The first-order valence-corrected chi connectivity index (χ1v) is 8.29. The van der Waals surface area contributed by atoms with Crippen LogP contribution >= 0.6 is 0 Å². The van der Waals surface area contributed by atoms with E-state index >= 15 is 0 Å². The summed E-state index contributed by atoms with van der Waals surface area (Å²) in [6, 6.07) is 6.74. The topological polar surface area (TPSA) is 63.7 Å². The average Bonchev–Trinajstić information content (AvgIpc) is 2.47. The zero-order valence-corrected chi connectivity index (χ0v) is 13.7. The fourth-order valence-electron chi connectivity index (χ4n) is 2.27. The number of aryl methyl sites for hydroxylation is 1. The van der Waals surface area contributed by atoms with Crippen molar-refractivity contribution in [3.63, 3.8) is 0 Å². The van der Waals surface area contributed by atoms with Crippen LogP contribution in [0.25, 0.3) is 0 Å². The van der Waals surface area contributed by atoms with Crippen LogP contribution in [0.1, 0.15) is 12.5 Å². The molecule has 0 saturated heterocycles. The number of nitrogens with zero attached hydrogens (tertiary/aromatic N) is 1. The molecule has 0 aromatic heterocycles. The summed E-state index contributed by atoms with van der Waals surface area (Å²) in [6.07, 6.45) is 3.14. The standard InChI is InChI=1S/C16H19NO4S/c1-12-4-6-15(7-5-12)22(19,20)17-10-13(2)8-14(11-17)9-16(18)21-3/h4-9H,10-11H2,1-3H3/b14-9+. The van der Waals surface area contributed by atoms with Crippen molar-refractivity contribution in [1.29, 1.82) is 0 Å². The van der Waals surface area contributed by atoms with Crippen molar-refractivity contribution in [2.45, 2.75) is 18.7 Å². The Bertz CT molecular complexity index is 730. The Labute approximate surface area is 130 Å². The van der Waals surface area contributed by atoms with Crippen molar-refractivity contribution in [3.05, 3.63) is 53.1 Å². The van der Waals surface area contributed by atoms with E-state index in [9.17, 15) is 13.2 Å². The van der Waals surface area contributed by atoms with Gasteiger partial charge in [-0.3, -0.25) is 0 Å². The van der Waals surface area contributed by atoms with E-state index < -0.39 is 16.0 Å².